The molecule has 0 atom stereocenters. The van der Waals surface area contributed by atoms with E-state index in [0.717, 1.165) is 16.5 Å². The number of fused-ring (bicyclic) bond motifs is 1. The average molecular weight is 308 g/mol. The fourth-order valence-corrected chi connectivity index (χ4v) is 3.30. The fraction of sp³-hybridized carbons (Fsp3) is 0.273. The van der Waals surface area contributed by atoms with Crippen molar-refractivity contribution >= 4 is 33.3 Å². The summed E-state index contributed by atoms with van der Waals surface area (Å²) in [4.78, 5) is 19.1. The monoisotopic (exact) mass is 308 g/mol. The molecule has 0 saturated carbocycles. The number of rotatable bonds is 4. The van der Waals surface area contributed by atoms with Gasteiger partial charge >= 0.3 is 0 Å². The Balaban J connectivity index is 1.82. The van der Waals surface area contributed by atoms with Gasteiger partial charge in [0, 0.05) is 7.05 Å². The third-order valence-corrected chi connectivity index (χ3v) is 4.74. The molecule has 104 valence electrons. The SMILES string of the molecule is Cn1c(CN)nnc1SCc1nc2ccsc2c(=O)[nH]1. The first kappa shape index (κ1) is 13.3. The van der Waals surface area contributed by atoms with E-state index in [9.17, 15) is 4.79 Å². The standard InChI is InChI=1S/C11H12N6OS2/c1-17-8(4-12)15-16-11(17)20-5-7-13-6-2-3-19-9(6)10(18)14-7/h2-3H,4-5,12H2,1H3,(H,13,14,18). The lowest BCUT2D eigenvalue weighted by Crippen LogP contribution is -2.09. The predicted octanol–water partition coefficient (Wildman–Crippen LogP) is 0.864. The highest BCUT2D eigenvalue weighted by molar-refractivity contribution is 7.98. The van der Waals surface area contributed by atoms with Crippen LogP contribution < -0.4 is 11.3 Å². The smallest absolute Gasteiger partial charge is 0.268 e. The predicted molar refractivity (Wildman–Crippen MR) is 78.7 cm³/mol. The summed E-state index contributed by atoms with van der Waals surface area (Å²) >= 11 is 2.85. The van der Waals surface area contributed by atoms with Gasteiger partial charge in [-0.2, -0.15) is 0 Å². The maximum Gasteiger partial charge on any atom is 0.268 e. The summed E-state index contributed by atoms with van der Waals surface area (Å²) in [5.41, 5.74) is 6.19. The minimum absolute atomic E-state index is 0.0961. The number of hydrogen-bond donors (Lipinski definition) is 2. The van der Waals surface area contributed by atoms with Crippen LogP contribution in [0.3, 0.4) is 0 Å². The Morgan fingerprint density at radius 2 is 2.35 bits per heavy atom. The number of nitrogens with two attached hydrogens (primary N) is 1. The molecular weight excluding hydrogens is 296 g/mol. The molecule has 0 aliphatic carbocycles. The molecule has 3 rings (SSSR count). The molecule has 0 bridgehead atoms. The molecule has 9 heteroatoms. The van der Waals surface area contributed by atoms with E-state index in [-0.39, 0.29) is 5.56 Å². The van der Waals surface area contributed by atoms with Gasteiger partial charge in [-0.25, -0.2) is 4.98 Å². The van der Waals surface area contributed by atoms with Gasteiger partial charge in [-0.1, -0.05) is 11.8 Å². The van der Waals surface area contributed by atoms with Crippen LogP contribution in [0.25, 0.3) is 10.2 Å². The summed E-state index contributed by atoms with van der Waals surface area (Å²) in [6.07, 6.45) is 0. The van der Waals surface area contributed by atoms with Gasteiger partial charge in [-0.05, 0) is 11.4 Å². The third kappa shape index (κ3) is 2.35. The second-order valence-electron chi connectivity index (χ2n) is 4.10. The first-order valence-corrected chi connectivity index (χ1v) is 7.73. The van der Waals surface area contributed by atoms with Gasteiger partial charge in [0.2, 0.25) is 0 Å². The molecule has 3 N–H and O–H groups in total. The van der Waals surface area contributed by atoms with Crippen molar-refractivity contribution in [2.45, 2.75) is 17.5 Å². The first-order valence-electron chi connectivity index (χ1n) is 5.86. The topological polar surface area (TPSA) is 102 Å². The second-order valence-corrected chi connectivity index (χ2v) is 5.96. The van der Waals surface area contributed by atoms with E-state index in [0.29, 0.717) is 22.8 Å². The van der Waals surface area contributed by atoms with Crippen LogP contribution in [0.1, 0.15) is 11.6 Å². The Hall–Kier alpha value is -1.71. The van der Waals surface area contributed by atoms with Crippen molar-refractivity contribution in [3.05, 3.63) is 33.4 Å². The van der Waals surface area contributed by atoms with Gasteiger partial charge in [-0.3, -0.25) is 4.79 Å². The lowest BCUT2D eigenvalue weighted by Gasteiger charge is -2.02. The summed E-state index contributed by atoms with van der Waals surface area (Å²) in [6.45, 7) is 0.347. The van der Waals surface area contributed by atoms with Crippen molar-refractivity contribution < 1.29 is 0 Å². The number of nitrogens with one attached hydrogen (secondary N) is 1. The highest BCUT2D eigenvalue weighted by atomic mass is 32.2. The zero-order chi connectivity index (χ0) is 14.1. The molecule has 0 spiro atoms. The van der Waals surface area contributed by atoms with Crippen LogP contribution in [0, 0.1) is 0 Å². The Morgan fingerprint density at radius 1 is 1.50 bits per heavy atom. The van der Waals surface area contributed by atoms with Gasteiger partial charge in [0.1, 0.15) is 16.3 Å². The van der Waals surface area contributed by atoms with Crippen LogP contribution in [-0.4, -0.2) is 24.7 Å². The van der Waals surface area contributed by atoms with Crippen molar-refractivity contribution in [1.82, 2.24) is 24.7 Å². The van der Waals surface area contributed by atoms with Crippen LogP contribution in [0.5, 0.6) is 0 Å². The molecule has 0 aromatic carbocycles. The minimum Gasteiger partial charge on any atom is -0.324 e. The Labute approximate surface area is 122 Å². The number of thioether (sulfide) groups is 1. The van der Waals surface area contributed by atoms with Gasteiger partial charge in [0.05, 0.1) is 17.8 Å². The van der Waals surface area contributed by atoms with E-state index in [1.807, 2.05) is 23.1 Å². The molecule has 7 nitrogen and oxygen atoms in total. The summed E-state index contributed by atoms with van der Waals surface area (Å²) in [6, 6.07) is 1.85. The van der Waals surface area contributed by atoms with E-state index in [1.54, 1.807) is 0 Å². The summed E-state index contributed by atoms with van der Waals surface area (Å²) in [5.74, 6) is 1.88. The quantitative estimate of drug-likeness (QED) is 0.693. The molecule has 0 aliphatic rings. The highest BCUT2D eigenvalue weighted by Gasteiger charge is 2.10. The molecule has 3 aromatic rings. The zero-order valence-corrected chi connectivity index (χ0v) is 12.3. The molecule has 0 fully saturated rings. The van der Waals surface area contributed by atoms with E-state index >= 15 is 0 Å². The van der Waals surface area contributed by atoms with Crippen molar-refractivity contribution in [2.24, 2.45) is 12.8 Å². The molecule has 0 saturated heterocycles. The lowest BCUT2D eigenvalue weighted by atomic mass is 10.4. The zero-order valence-electron chi connectivity index (χ0n) is 10.7. The van der Waals surface area contributed by atoms with E-state index in [1.165, 1.54) is 23.1 Å². The summed E-state index contributed by atoms with van der Waals surface area (Å²) in [5, 5.41) is 10.6. The molecule has 0 radical (unpaired) electrons. The second kappa shape index (κ2) is 5.35. The van der Waals surface area contributed by atoms with Crippen molar-refractivity contribution in [3.8, 4) is 0 Å². The number of thiophene rings is 1. The highest BCUT2D eigenvalue weighted by Crippen LogP contribution is 2.20. The van der Waals surface area contributed by atoms with Crippen molar-refractivity contribution in [1.29, 1.82) is 0 Å². The first-order chi connectivity index (χ1) is 9.69. The molecule has 0 unspecified atom stereocenters. The van der Waals surface area contributed by atoms with Crippen molar-refractivity contribution in [2.75, 3.05) is 0 Å². The van der Waals surface area contributed by atoms with Crippen LogP contribution >= 0.6 is 23.1 Å². The Morgan fingerprint density at radius 3 is 3.10 bits per heavy atom. The van der Waals surface area contributed by atoms with Crippen LogP contribution in [0.15, 0.2) is 21.4 Å². The van der Waals surface area contributed by atoms with Gasteiger partial charge in [0.15, 0.2) is 5.16 Å². The molecule has 0 aliphatic heterocycles. The van der Waals surface area contributed by atoms with Gasteiger partial charge in [-0.15, -0.1) is 21.5 Å². The number of H-pyrrole nitrogens is 1. The molecule has 20 heavy (non-hydrogen) atoms. The number of hydrogen-bond acceptors (Lipinski definition) is 7. The number of aromatic amines is 1. The fourth-order valence-electron chi connectivity index (χ4n) is 1.77. The van der Waals surface area contributed by atoms with E-state index < -0.39 is 0 Å². The number of aromatic nitrogens is 5. The van der Waals surface area contributed by atoms with Crippen LogP contribution in [0.2, 0.25) is 0 Å². The van der Waals surface area contributed by atoms with E-state index in [2.05, 4.69) is 20.2 Å². The summed E-state index contributed by atoms with van der Waals surface area (Å²) < 4.78 is 2.49. The molecule has 3 heterocycles. The Kier molecular flexibility index (Phi) is 3.55. The average Bonchev–Trinajstić information content (AvgIpc) is 3.03. The minimum atomic E-state index is -0.0961. The molecular formula is C11H12N6OS2. The molecule has 0 amide bonds. The third-order valence-electron chi connectivity index (χ3n) is 2.81. The van der Waals surface area contributed by atoms with Crippen LogP contribution in [0.4, 0.5) is 0 Å². The van der Waals surface area contributed by atoms with Crippen LogP contribution in [-0.2, 0) is 19.3 Å². The van der Waals surface area contributed by atoms with Gasteiger partial charge in [0.25, 0.3) is 5.56 Å². The van der Waals surface area contributed by atoms with Gasteiger partial charge < -0.3 is 15.3 Å². The Bertz CT molecular complexity index is 805. The maximum atomic E-state index is 11.8. The largest absolute Gasteiger partial charge is 0.324 e. The van der Waals surface area contributed by atoms with Crippen molar-refractivity contribution in [3.63, 3.8) is 0 Å². The van der Waals surface area contributed by atoms with E-state index in [4.69, 9.17) is 5.73 Å². The normalized spacial score (nSPS) is 11.3. The lowest BCUT2D eigenvalue weighted by molar-refractivity contribution is 0.734. The number of nitrogens with zero attached hydrogens (tertiary/aromatic N) is 4. The summed E-state index contributed by atoms with van der Waals surface area (Å²) in [7, 11) is 1.86. The maximum absolute atomic E-state index is 11.8. The molecule has 3 aromatic heterocycles.